The highest BCUT2D eigenvalue weighted by atomic mass is 32.2. The van der Waals surface area contributed by atoms with E-state index in [1.54, 1.807) is 0 Å². The molecule has 0 saturated carbocycles. The molecule has 2 N–H and O–H groups in total. The van der Waals surface area contributed by atoms with Gasteiger partial charge in [-0.1, -0.05) is 30.3 Å². The maximum absolute atomic E-state index is 5.93. The van der Waals surface area contributed by atoms with Crippen molar-refractivity contribution in [3.05, 3.63) is 59.7 Å². The van der Waals surface area contributed by atoms with E-state index in [4.69, 9.17) is 10.5 Å². The summed E-state index contributed by atoms with van der Waals surface area (Å²) in [5.74, 6) is 2.52. The predicted octanol–water partition coefficient (Wildman–Crippen LogP) is 3.97. The van der Waals surface area contributed by atoms with Gasteiger partial charge in [-0.05, 0) is 36.2 Å². The minimum Gasteiger partial charge on any atom is -0.493 e. The van der Waals surface area contributed by atoms with E-state index < -0.39 is 0 Å². The largest absolute Gasteiger partial charge is 0.493 e. The van der Waals surface area contributed by atoms with E-state index in [-0.39, 0.29) is 6.04 Å². The first-order valence-corrected chi connectivity index (χ1v) is 7.92. The van der Waals surface area contributed by atoms with Crippen LogP contribution in [0.1, 0.15) is 30.0 Å². The van der Waals surface area contributed by atoms with Crippen LogP contribution < -0.4 is 10.5 Å². The van der Waals surface area contributed by atoms with Gasteiger partial charge in [-0.25, -0.2) is 0 Å². The molecule has 104 valence electrons. The summed E-state index contributed by atoms with van der Waals surface area (Å²) in [7, 11) is 0. The van der Waals surface area contributed by atoms with Crippen molar-refractivity contribution in [2.75, 3.05) is 12.4 Å². The molecule has 2 aromatic carbocycles. The summed E-state index contributed by atoms with van der Waals surface area (Å²) in [6.07, 6.45) is 0. The van der Waals surface area contributed by atoms with Crippen LogP contribution in [0, 0.1) is 0 Å². The molecule has 0 radical (unpaired) electrons. The predicted molar refractivity (Wildman–Crippen MR) is 84.4 cm³/mol. The van der Waals surface area contributed by atoms with E-state index >= 15 is 0 Å². The lowest BCUT2D eigenvalue weighted by molar-refractivity contribution is 0.298. The van der Waals surface area contributed by atoms with E-state index in [9.17, 15) is 0 Å². The highest BCUT2D eigenvalue weighted by molar-refractivity contribution is 7.99. The number of rotatable bonds is 4. The Bertz CT molecular complexity index is 580. The molecule has 20 heavy (non-hydrogen) atoms. The number of benzene rings is 2. The summed E-state index contributed by atoms with van der Waals surface area (Å²) in [4.78, 5) is 1.40. The highest BCUT2D eigenvalue weighted by Gasteiger charge is 2.23. The van der Waals surface area contributed by atoms with Crippen LogP contribution in [-0.4, -0.2) is 12.4 Å². The molecule has 0 saturated heterocycles. The summed E-state index contributed by atoms with van der Waals surface area (Å²) < 4.78 is 5.93. The van der Waals surface area contributed by atoms with Crippen molar-refractivity contribution in [2.24, 2.45) is 5.73 Å². The van der Waals surface area contributed by atoms with Crippen molar-refractivity contribution in [1.29, 1.82) is 0 Å². The van der Waals surface area contributed by atoms with Crippen LogP contribution in [0.5, 0.6) is 5.75 Å². The Hall–Kier alpha value is -1.45. The van der Waals surface area contributed by atoms with Crippen LogP contribution >= 0.6 is 11.8 Å². The number of hydrogen-bond donors (Lipinski definition) is 1. The van der Waals surface area contributed by atoms with Crippen LogP contribution in [0.4, 0.5) is 0 Å². The van der Waals surface area contributed by atoms with Gasteiger partial charge in [0.15, 0.2) is 0 Å². The summed E-state index contributed by atoms with van der Waals surface area (Å²) in [6, 6.07) is 16.8. The molecule has 0 fully saturated rings. The third-order valence-electron chi connectivity index (χ3n) is 3.66. The molecule has 0 spiro atoms. The first-order valence-electron chi connectivity index (χ1n) is 6.94. The van der Waals surface area contributed by atoms with Gasteiger partial charge in [-0.15, -0.1) is 11.8 Å². The Morgan fingerprint density at radius 1 is 1.20 bits per heavy atom. The van der Waals surface area contributed by atoms with Crippen molar-refractivity contribution >= 4 is 11.8 Å². The van der Waals surface area contributed by atoms with E-state index in [0.29, 0.717) is 5.92 Å². The minimum absolute atomic E-state index is 0.0714. The average molecular weight is 285 g/mol. The molecule has 2 aromatic rings. The Kier molecular flexibility index (Phi) is 3.99. The van der Waals surface area contributed by atoms with Crippen molar-refractivity contribution in [3.63, 3.8) is 0 Å². The monoisotopic (exact) mass is 285 g/mol. The van der Waals surface area contributed by atoms with Crippen LogP contribution in [0.2, 0.25) is 0 Å². The zero-order chi connectivity index (χ0) is 13.9. The average Bonchev–Trinajstić information content (AvgIpc) is 2.89. The van der Waals surface area contributed by atoms with Gasteiger partial charge in [0.25, 0.3) is 0 Å². The summed E-state index contributed by atoms with van der Waals surface area (Å²) in [5, 5.41) is 0. The molecule has 3 heteroatoms. The standard InChI is InChI=1S/C17H19NOS/c1-12(18)13-6-8-15(9-7-13)19-10-14-11-20-17-5-3-2-4-16(14)17/h2-9,12,14H,10-11,18H2,1H3. The summed E-state index contributed by atoms with van der Waals surface area (Å²) in [5.41, 5.74) is 8.41. The molecule has 0 amide bonds. The van der Waals surface area contributed by atoms with Gasteiger partial charge in [-0.2, -0.15) is 0 Å². The van der Waals surface area contributed by atoms with Gasteiger partial charge in [0.05, 0.1) is 6.61 Å². The molecular weight excluding hydrogens is 266 g/mol. The van der Waals surface area contributed by atoms with Crippen LogP contribution in [0.15, 0.2) is 53.4 Å². The minimum atomic E-state index is 0.0714. The Morgan fingerprint density at radius 3 is 2.70 bits per heavy atom. The van der Waals surface area contributed by atoms with Gasteiger partial charge >= 0.3 is 0 Å². The molecule has 0 aromatic heterocycles. The second kappa shape index (κ2) is 5.90. The smallest absolute Gasteiger partial charge is 0.119 e. The molecule has 0 bridgehead atoms. The summed E-state index contributed by atoms with van der Waals surface area (Å²) in [6.45, 7) is 2.73. The fourth-order valence-corrected chi connectivity index (χ4v) is 3.66. The fourth-order valence-electron chi connectivity index (χ4n) is 2.43. The number of hydrogen-bond acceptors (Lipinski definition) is 3. The fraction of sp³-hybridized carbons (Fsp3) is 0.294. The molecule has 2 unspecified atom stereocenters. The first-order chi connectivity index (χ1) is 9.74. The lowest BCUT2D eigenvalue weighted by Crippen LogP contribution is -2.10. The first kappa shape index (κ1) is 13.5. The van der Waals surface area contributed by atoms with Crippen LogP contribution in [0.3, 0.4) is 0 Å². The number of fused-ring (bicyclic) bond motifs is 1. The van der Waals surface area contributed by atoms with E-state index in [1.807, 2.05) is 43.0 Å². The van der Waals surface area contributed by atoms with Gasteiger partial charge in [-0.3, -0.25) is 0 Å². The van der Waals surface area contributed by atoms with Gasteiger partial charge in [0, 0.05) is 22.6 Å². The molecule has 1 aliphatic rings. The molecular formula is C17H19NOS. The zero-order valence-corrected chi connectivity index (χ0v) is 12.4. The highest BCUT2D eigenvalue weighted by Crippen LogP contribution is 2.39. The summed E-state index contributed by atoms with van der Waals surface area (Å²) >= 11 is 1.92. The molecule has 2 nitrogen and oxygen atoms in total. The normalized spacial score (nSPS) is 18.6. The lowest BCUT2D eigenvalue weighted by Gasteiger charge is -2.13. The molecule has 2 atom stereocenters. The van der Waals surface area contributed by atoms with Gasteiger partial charge in [0.2, 0.25) is 0 Å². The Balaban J connectivity index is 1.63. The topological polar surface area (TPSA) is 35.2 Å². The van der Waals surface area contributed by atoms with Crippen LogP contribution in [0.25, 0.3) is 0 Å². The maximum atomic E-state index is 5.93. The molecule has 1 aliphatic heterocycles. The quantitative estimate of drug-likeness (QED) is 0.923. The van der Waals surface area contributed by atoms with E-state index in [1.165, 1.54) is 10.5 Å². The molecule has 3 rings (SSSR count). The Morgan fingerprint density at radius 2 is 1.95 bits per heavy atom. The second-order valence-corrected chi connectivity index (χ2v) is 6.28. The van der Waals surface area contributed by atoms with Crippen molar-refractivity contribution in [1.82, 2.24) is 0 Å². The second-order valence-electron chi connectivity index (χ2n) is 5.21. The lowest BCUT2D eigenvalue weighted by atomic mass is 10.0. The maximum Gasteiger partial charge on any atom is 0.119 e. The SMILES string of the molecule is CC(N)c1ccc(OCC2CSc3ccccc32)cc1. The van der Waals surface area contributed by atoms with Crippen LogP contribution in [-0.2, 0) is 0 Å². The third kappa shape index (κ3) is 2.84. The van der Waals surface area contributed by atoms with E-state index in [2.05, 4.69) is 24.3 Å². The molecule has 0 aliphatic carbocycles. The van der Waals surface area contributed by atoms with Gasteiger partial charge < -0.3 is 10.5 Å². The number of nitrogens with two attached hydrogens (primary N) is 1. The van der Waals surface area contributed by atoms with E-state index in [0.717, 1.165) is 23.7 Å². The molecule has 1 heterocycles. The van der Waals surface area contributed by atoms with Crippen molar-refractivity contribution in [3.8, 4) is 5.75 Å². The zero-order valence-electron chi connectivity index (χ0n) is 11.6. The van der Waals surface area contributed by atoms with Crippen molar-refractivity contribution < 1.29 is 4.74 Å². The van der Waals surface area contributed by atoms with Gasteiger partial charge in [0.1, 0.15) is 5.75 Å². The number of thioether (sulfide) groups is 1. The van der Waals surface area contributed by atoms with Crippen molar-refractivity contribution in [2.45, 2.75) is 23.8 Å². The third-order valence-corrected chi connectivity index (χ3v) is 4.91. The Labute approximate surface area is 124 Å². The number of ether oxygens (including phenoxy) is 1.